The number of methoxy groups -OCH3 is 1. The molecule has 1 rings (SSSR count). The molecule has 0 unspecified atom stereocenters. The van der Waals surface area contributed by atoms with E-state index in [2.05, 4.69) is 5.32 Å². The van der Waals surface area contributed by atoms with Crippen molar-refractivity contribution < 1.29 is 19.4 Å². The van der Waals surface area contributed by atoms with Gasteiger partial charge in [0.1, 0.15) is 5.75 Å². The van der Waals surface area contributed by atoms with Gasteiger partial charge >= 0.3 is 0 Å². The molecular formula is C15H25NO4. The number of rotatable bonds is 7. The molecule has 0 aliphatic carbocycles. The number of amides is 1. The average Bonchev–Trinajstić information content (AvgIpc) is 2.52. The van der Waals surface area contributed by atoms with Crippen LogP contribution in [0.1, 0.15) is 31.4 Å². The Bertz CT molecular complexity index is 393. The van der Waals surface area contributed by atoms with Crippen LogP contribution in [0.4, 0.5) is 0 Å². The Morgan fingerprint density at radius 2 is 2.05 bits per heavy atom. The van der Waals surface area contributed by atoms with Crippen LogP contribution >= 0.6 is 0 Å². The standard InChI is InChI=1S/C13H19NO4.C2H6/c1-14-13(16)5-6-18-9-10-3-4-11(8-15)12(7-10)17-2;1-2/h3-4,7,15H,5-6,8-9H2,1-2H3,(H,14,16);1-2H3. The lowest BCUT2D eigenvalue weighted by atomic mass is 10.1. The minimum absolute atomic E-state index is 0.0387. The van der Waals surface area contributed by atoms with E-state index in [9.17, 15) is 4.79 Å². The van der Waals surface area contributed by atoms with E-state index >= 15 is 0 Å². The Morgan fingerprint density at radius 1 is 1.35 bits per heavy atom. The molecule has 0 aliphatic rings. The van der Waals surface area contributed by atoms with E-state index in [0.29, 0.717) is 25.4 Å². The lowest BCUT2D eigenvalue weighted by Crippen LogP contribution is -2.19. The molecule has 0 saturated carbocycles. The summed E-state index contributed by atoms with van der Waals surface area (Å²) in [5, 5.41) is 11.6. The fourth-order valence-electron chi connectivity index (χ4n) is 1.49. The van der Waals surface area contributed by atoms with Crippen LogP contribution in [0, 0.1) is 0 Å². The first-order valence-electron chi connectivity index (χ1n) is 6.76. The largest absolute Gasteiger partial charge is 0.496 e. The summed E-state index contributed by atoms with van der Waals surface area (Å²) in [5.74, 6) is 0.605. The van der Waals surface area contributed by atoms with Gasteiger partial charge in [-0.1, -0.05) is 26.0 Å². The Hall–Kier alpha value is -1.59. The topological polar surface area (TPSA) is 67.8 Å². The molecule has 1 amide bonds. The summed E-state index contributed by atoms with van der Waals surface area (Å²) < 4.78 is 10.5. The van der Waals surface area contributed by atoms with E-state index in [4.69, 9.17) is 14.6 Å². The predicted molar refractivity (Wildman–Crippen MR) is 78.6 cm³/mol. The normalized spacial score (nSPS) is 9.45. The van der Waals surface area contributed by atoms with Crippen molar-refractivity contribution in [3.8, 4) is 5.75 Å². The molecule has 0 bridgehead atoms. The van der Waals surface area contributed by atoms with Crippen LogP contribution in [0.2, 0.25) is 0 Å². The summed E-state index contributed by atoms with van der Waals surface area (Å²) in [5.41, 5.74) is 1.69. The molecule has 0 aliphatic heterocycles. The summed E-state index contributed by atoms with van der Waals surface area (Å²) in [6, 6.07) is 5.50. The third kappa shape index (κ3) is 6.54. The van der Waals surface area contributed by atoms with Crippen molar-refractivity contribution in [1.29, 1.82) is 0 Å². The van der Waals surface area contributed by atoms with Crippen LogP contribution in [0.3, 0.4) is 0 Å². The molecule has 5 heteroatoms. The summed E-state index contributed by atoms with van der Waals surface area (Å²) >= 11 is 0. The maximum atomic E-state index is 11.0. The zero-order valence-electron chi connectivity index (χ0n) is 12.7. The van der Waals surface area contributed by atoms with Crippen molar-refractivity contribution in [2.24, 2.45) is 0 Å². The Kier molecular flexibility index (Phi) is 10.4. The lowest BCUT2D eigenvalue weighted by molar-refractivity contribution is -0.121. The van der Waals surface area contributed by atoms with E-state index in [0.717, 1.165) is 11.1 Å². The Balaban J connectivity index is 0.00000172. The number of hydrogen-bond donors (Lipinski definition) is 2. The minimum Gasteiger partial charge on any atom is -0.496 e. The van der Waals surface area contributed by atoms with E-state index in [1.54, 1.807) is 20.2 Å². The molecule has 0 spiro atoms. The summed E-state index contributed by atoms with van der Waals surface area (Å²) in [6.45, 7) is 4.74. The monoisotopic (exact) mass is 283 g/mol. The van der Waals surface area contributed by atoms with E-state index in [1.165, 1.54) is 0 Å². The third-order valence-corrected chi connectivity index (χ3v) is 2.54. The number of benzene rings is 1. The van der Waals surface area contributed by atoms with Gasteiger partial charge in [0, 0.05) is 19.0 Å². The highest BCUT2D eigenvalue weighted by atomic mass is 16.5. The van der Waals surface area contributed by atoms with Gasteiger partial charge in [-0.3, -0.25) is 4.79 Å². The van der Waals surface area contributed by atoms with Gasteiger partial charge in [0.05, 0.1) is 26.9 Å². The molecule has 5 nitrogen and oxygen atoms in total. The summed E-state index contributed by atoms with van der Waals surface area (Å²) in [7, 11) is 3.16. The smallest absolute Gasteiger partial charge is 0.222 e. The van der Waals surface area contributed by atoms with Crippen LogP contribution in [0.5, 0.6) is 5.75 Å². The molecule has 2 N–H and O–H groups in total. The summed E-state index contributed by atoms with van der Waals surface area (Å²) in [6.07, 6.45) is 0.350. The van der Waals surface area contributed by atoms with Gasteiger partial charge in [0.15, 0.2) is 0 Å². The molecular weight excluding hydrogens is 258 g/mol. The van der Waals surface area contributed by atoms with Crippen molar-refractivity contribution in [3.63, 3.8) is 0 Å². The molecule has 1 aromatic rings. The van der Waals surface area contributed by atoms with Crippen molar-refractivity contribution in [2.45, 2.75) is 33.5 Å². The maximum Gasteiger partial charge on any atom is 0.222 e. The molecule has 0 atom stereocenters. The number of ether oxygens (including phenoxy) is 2. The number of nitrogens with one attached hydrogen (secondary N) is 1. The zero-order chi connectivity index (χ0) is 15.4. The molecule has 0 radical (unpaired) electrons. The first kappa shape index (κ1) is 18.4. The van der Waals surface area contributed by atoms with Crippen LogP contribution < -0.4 is 10.1 Å². The third-order valence-electron chi connectivity index (χ3n) is 2.54. The molecule has 0 aromatic heterocycles. The number of aliphatic hydroxyl groups excluding tert-OH is 1. The van der Waals surface area contributed by atoms with Crippen LogP contribution in [0.15, 0.2) is 18.2 Å². The van der Waals surface area contributed by atoms with Crippen LogP contribution in [-0.2, 0) is 22.7 Å². The second-order valence-electron chi connectivity index (χ2n) is 3.78. The average molecular weight is 283 g/mol. The highest BCUT2D eigenvalue weighted by molar-refractivity contribution is 5.75. The second kappa shape index (κ2) is 11.3. The predicted octanol–water partition coefficient (Wildman–Crippen LogP) is 1.87. The maximum absolute atomic E-state index is 11.0. The fourth-order valence-corrected chi connectivity index (χ4v) is 1.49. The second-order valence-corrected chi connectivity index (χ2v) is 3.78. The number of carbonyl (C=O) groups excluding carboxylic acids is 1. The Labute approximate surface area is 120 Å². The molecule has 114 valence electrons. The van der Waals surface area contributed by atoms with Gasteiger partial charge in [0.2, 0.25) is 5.91 Å². The number of hydrogen-bond acceptors (Lipinski definition) is 4. The van der Waals surface area contributed by atoms with Crippen molar-refractivity contribution >= 4 is 5.91 Å². The first-order valence-corrected chi connectivity index (χ1v) is 6.76. The van der Waals surface area contributed by atoms with E-state index in [-0.39, 0.29) is 12.5 Å². The van der Waals surface area contributed by atoms with Gasteiger partial charge < -0.3 is 19.9 Å². The van der Waals surface area contributed by atoms with Gasteiger partial charge in [-0.05, 0) is 11.6 Å². The highest BCUT2D eigenvalue weighted by Crippen LogP contribution is 2.20. The van der Waals surface area contributed by atoms with Crippen LogP contribution in [-0.4, -0.2) is 31.8 Å². The van der Waals surface area contributed by atoms with Crippen LogP contribution in [0.25, 0.3) is 0 Å². The molecule has 0 saturated heterocycles. The van der Waals surface area contributed by atoms with Gasteiger partial charge in [-0.15, -0.1) is 0 Å². The zero-order valence-corrected chi connectivity index (χ0v) is 12.7. The number of carbonyl (C=O) groups is 1. The number of aliphatic hydroxyl groups is 1. The minimum atomic E-state index is -0.0546. The summed E-state index contributed by atoms with van der Waals surface area (Å²) in [4.78, 5) is 11.0. The quantitative estimate of drug-likeness (QED) is 0.750. The van der Waals surface area contributed by atoms with Crippen molar-refractivity contribution in [3.05, 3.63) is 29.3 Å². The van der Waals surface area contributed by atoms with E-state index in [1.807, 2.05) is 26.0 Å². The van der Waals surface area contributed by atoms with Gasteiger partial charge in [-0.25, -0.2) is 0 Å². The van der Waals surface area contributed by atoms with E-state index < -0.39 is 0 Å². The Morgan fingerprint density at radius 3 is 2.60 bits per heavy atom. The fraction of sp³-hybridized carbons (Fsp3) is 0.533. The molecule has 0 heterocycles. The van der Waals surface area contributed by atoms with Crippen molar-refractivity contribution in [1.82, 2.24) is 5.32 Å². The van der Waals surface area contributed by atoms with Gasteiger partial charge in [-0.2, -0.15) is 0 Å². The van der Waals surface area contributed by atoms with Crippen molar-refractivity contribution in [2.75, 3.05) is 20.8 Å². The first-order chi connectivity index (χ1) is 9.71. The SMILES string of the molecule is CC.CNC(=O)CCOCc1ccc(CO)c(OC)c1. The lowest BCUT2D eigenvalue weighted by Gasteiger charge is -2.09. The highest BCUT2D eigenvalue weighted by Gasteiger charge is 2.04. The molecule has 1 aromatic carbocycles. The molecule has 20 heavy (non-hydrogen) atoms. The molecule has 0 fully saturated rings. The van der Waals surface area contributed by atoms with Gasteiger partial charge in [0.25, 0.3) is 0 Å².